The monoisotopic (exact) mass is 553 g/mol. The van der Waals surface area contributed by atoms with Crippen molar-refractivity contribution < 1.29 is 19.1 Å². The molecule has 1 heterocycles. The van der Waals surface area contributed by atoms with Crippen LogP contribution in [0, 0.1) is 6.92 Å². The van der Waals surface area contributed by atoms with Crippen LogP contribution in [0.4, 0.5) is 16.3 Å². The second-order valence-electron chi connectivity index (χ2n) is 8.86. The number of likely N-dealkylation sites (N-methyl/N-ethyl adjacent to an activating group) is 1. The number of hydrogen-bond donors (Lipinski definition) is 4. The Kier molecular flexibility index (Phi) is 11.0. The Morgan fingerprint density at radius 1 is 0.897 bits per heavy atom. The molecule has 1 aromatic heterocycles. The summed E-state index contributed by atoms with van der Waals surface area (Å²) in [5.41, 5.74) is 1.89. The van der Waals surface area contributed by atoms with E-state index in [0.29, 0.717) is 59.3 Å². The van der Waals surface area contributed by atoms with Crippen LogP contribution in [0.15, 0.2) is 54.9 Å². The highest BCUT2D eigenvalue weighted by Crippen LogP contribution is 2.26. The first-order valence-electron chi connectivity index (χ1n) is 12.3. The van der Waals surface area contributed by atoms with E-state index in [4.69, 9.17) is 16.3 Å². The summed E-state index contributed by atoms with van der Waals surface area (Å²) in [5.74, 6) is 0.152. The molecule has 12 heteroatoms. The highest BCUT2D eigenvalue weighted by molar-refractivity contribution is 6.30. The van der Waals surface area contributed by atoms with Crippen LogP contribution in [0.3, 0.4) is 0 Å². The summed E-state index contributed by atoms with van der Waals surface area (Å²) in [4.78, 5) is 47.7. The van der Waals surface area contributed by atoms with Crippen LogP contribution in [0.1, 0.15) is 32.8 Å². The molecule has 0 bridgehead atoms. The number of aryl methyl sites for hydroxylation is 1. The maximum atomic E-state index is 12.6. The average molecular weight is 554 g/mol. The fourth-order valence-electron chi connectivity index (χ4n) is 3.28. The fraction of sp³-hybridized carbons (Fsp3) is 0.296. The molecule has 4 N–H and O–H groups in total. The van der Waals surface area contributed by atoms with Crippen LogP contribution in [0.2, 0.25) is 5.02 Å². The molecule has 39 heavy (non-hydrogen) atoms. The number of hydrogen-bond acceptors (Lipinski definition) is 7. The third-order valence-corrected chi connectivity index (χ3v) is 5.58. The van der Waals surface area contributed by atoms with Gasteiger partial charge in [-0.1, -0.05) is 11.6 Å². The van der Waals surface area contributed by atoms with Gasteiger partial charge in [-0.25, -0.2) is 9.78 Å². The molecular weight excluding hydrogens is 522 g/mol. The first kappa shape index (κ1) is 29.3. The molecule has 0 saturated carbocycles. The lowest BCUT2D eigenvalue weighted by Gasteiger charge is -2.15. The van der Waals surface area contributed by atoms with E-state index in [-0.39, 0.29) is 24.2 Å². The lowest BCUT2D eigenvalue weighted by molar-refractivity contribution is 0.0943. The van der Waals surface area contributed by atoms with Crippen molar-refractivity contribution in [3.63, 3.8) is 0 Å². The molecule has 0 aliphatic carbocycles. The average Bonchev–Trinajstić information content (AvgIpc) is 2.90. The molecule has 0 atom stereocenters. The second kappa shape index (κ2) is 14.6. The molecule has 0 unspecified atom stereocenters. The first-order valence-corrected chi connectivity index (χ1v) is 12.7. The van der Waals surface area contributed by atoms with E-state index in [1.54, 1.807) is 49.4 Å². The number of benzene rings is 2. The number of aromatic nitrogens is 2. The summed E-state index contributed by atoms with van der Waals surface area (Å²) in [6, 6.07) is 10.8. The molecule has 3 aromatic rings. The molecule has 0 aliphatic rings. The van der Waals surface area contributed by atoms with Crippen molar-refractivity contribution in [2.75, 3.05) is 51.0 Å². The van der Waals surface area contributed by atoms with Crippen LogP contribution < -0.4 is 26.0 Å². The van der Waals surface area contributed by atoms with E-state index in [9.17, 15) is 14.4 Å². The number of nitrogens with one attached hydrogen (secondary N) is 4. The van der Waals surface area contributed by atoms with Gasteiger partial charge in [0.15, 0.2) is 5.82 Å². The zero-order chi connectivity index (χ0) is 28.2. The summed E-state index contributed by atoms with van der Waals surface area (Å²) >= 11 is 5.86. The largest absolute Gasteiger partial charge is 0.491 e. The SMILES string of the molecule is Cc1cnc(NC(=O)Nc2cc(C(=O)NCCN(C)C)ccc2OCCCNC(=O)c2ccc(Cl)cc2)cn1. The van der Waals surface area contributed by atoms with Crippen LogP contribution in [0.5, 0.6) is 5.75 Å². The van der Waals surface area contributed by atoms with E-state index >= 15 is 0 Å². The number of amides is 4. The van der Waals surface area contributed by atoms with Gasteiger partial charge in [0.05, 0.1) is 30.4 Å². The van der Waals surface area contributed by atoms with Crippen molar-refractivity contribution in [3.8, 4) is 5.75 Å². The van der Waals surface area contributed by atoms with Gasteiger partial charge in [-0.15, -0.1) is 0 Å². The predicted molar refractivity (Wildman–Crippen MR) is 151 cm³/mol. The van der Waals surface area contributed by atoms with Crippen LogP contribution in [0.25, 0.3) is 0 Å². The van der Waals surface area contributed by atoms with Gasteiger partial charge in [0.25, 0.3) is 11.8 Å². The van der Waals surface area contributed by atoms with Crippen LogP contribution >= 0.6 is 11.6 Å². The molecule has 11 nitrogen and oxygen atoms in total. The van der Waals surface area contributed by atoms with Gasteiger partial charge in [0.1, 0.15) is 5.75 Å². The highest BCUT2D eigenvalue weighted by atomic mass is 35.5. The summed E-state index contributed by atoms with van der Waals surface area (Å²) in [6.07, 6.45) is 3.49. The normalized spacial score (nSPS) is 10.6. The van der Waals surface area contributed by atoms with Crippen molar-refractivity contribution in [2.45, 2.75) is 13.3 Å². The minimum Gasteiger partial charge on any atom is -0.491 e. The number of anilines is 2. The van der Waals surface area contributed by atoms with Gasteiger partial charge in [-0.3, -0.25) is 19.9 Å². The van der Waals surface area contributed by atoms with Gasteiger partial charge in [-0.05, 0) is 69.9 Å². The number of carbonyl (C=O) groups excluding carboxylic acids is 3. The zero-order valence-electron chi connectivity index (χ0n) is 22.1. The van der Waals surface area contributed by atoms with E-state index in [0.717, 1.165) is 0 Å². The minimum atomic E-state index is -0.571. The molecule has 0 saturated heterocycles. The number of carbonyl (C=O) groups is 3. The van der Waals surface area contributed by atoms with Crippen LogP contribution in [-0.2, 0) is 0 Å². The van der Waals surface area contributed by atoms with Gasteiger partial charge in [0, 0.05) is 35.8 Å². The Morgan fingerprint density at radius 3 is 2.28 bits per heavy atom. The molecule has 0 spiro atoms. The third-order valence-electron chi connectivity index (χ3n) is 5.33. The maximum Gasteiger partial charge on any atom is 0.324 e. The van der Waals surface area contributed by atoms with Crippen molar-refractivity contribution >= 4 is 41.0 Å². The molecule has 0 fully saturated rings. The first-order chi connectivity index (χ1) is 18.7. The second-order valence-corrected chi connectivity index (χ2v) is 9.29. The molecular formula is C27H32ClN7O4. The molecule has 206 valence electrons. The number of nitrogens with zero attached hydrogens (tertiary/aromatic N) is 3. The molecule has 2 aromatic carbocycles. The lowest BCUT2D eigenvalue weighted by Crippen LogP contribution is -2.31. The van der Waals surface area contributed by atoms with Crippen molar-refractivity contribution in [1.82, 2.24) is 25.5 Å². The Hall–Kier alpha value is -4.22. The number of rotatable bonds is 12. The summed E-state index contributed by atoms with van der Waals surface area (Å²) in [7, 11) is 3.83. The Bertz CT molecular complexity index is 1270. The molecule has 3 rings (SSSR count). The molecule has 0 radical (unpaired) electrons. The maximum absolute atomic E-state index is 12.6. The molecule has 0 aliphatic heterocycles. The van der Waals surface area contributed by atoms with E-state index in [1.165, 1.54) is 12.4 Å². The van der Waals surface area contributed by atoms with E-state index in [1.807, 2.05) is 19.0 Å². The van der Waals surface area contributed by atoms with Gasteiger partial charge < -0.3 is 25.6 Å². The fourth-order valence-corrected chi connectivity index (χ4v) is 3.40. The van der Waals surface area contributed by atoms with Crippen molar-refractivity contribution in [1.29, 1.82) is 0 Å². The Labute approximate surface area is 232 Å². The summed E-state index contributed by atoms with van der Waals surface area (Å²) < 4.78 is 5.88. The minimum absolute atomic E-state index is 0.213. The molecule has 4 amide bonds. The number of ether oxygens (including phenoxy) is 1. The summed E-state index contributed by atoms with van der Waals surface area (Å²) in [5, 5.41) is 11.6. The van der Waals surface area contributed by atoms with Gasteiger partial charge in [-0.2, -0.15) is 0 Å². The lowest BCUT2D eigenvalue weighted by atomic mass is 10.1. The van der Waals surface area contributed by atoms with Crippen LogP contribution in [-0.4, -0.2) is 73.0 Å². The Morgan fingerprint density at radius 2 is 1.59 bits per heavy atom. The van der Waals surface area contributed by atoms with Gasteiger partial charge >= 0.3 is 6.03 Å². The number of halogens is 1. The van der Waals surface area contributed by atoms with Gasteiger partial charge in [0.2, 0.25) is 0 Å². The highest BCUT2D eigenvalue weighted by Gasteiger charge is 2.14. The van der Waals surface area contributed by atoms with Crippen molar-refractivity contribution in [3.05, 3.63) is 76.7 Å². The third kappa shape index (κ3) is 9.87. The van der Waals surface area contributed by atoms with Crippen molar-refractivity contribution in [2.24, 2.45) is 0 Å². The topological polar surface area (TPSA) is 138 Å². The number of urea groups is 1. The Balaban J connectivity index is 1.61. The smallest absolute Gasteiger partial charge is 0.324 e. The zero-order valence-corrected chi connectivity index (χ0v) is 22.8. The summed E-state index contributed by atoms with van der Waals surface area (Å²) in [6.45, 7) is 3.59. The quantitative estimate of drug-likeness (QED) is 0.252. The predicted octanol–water partition coefficient (Wildman–Crippen LogP) is 3.57. The standard InChI is InChI=1S/C27H32ClN7O4/c1-18-16-32-24(17-31-18)34-27(38)33-22-15-20(26(37)30-12-13-35(2)3)7-10-23(22)39-14-4-11-29-25(36)19-5-8-21(28)9-6-19/h5-10,15-17H,4,11-14H2,1-3H3,(H,29,36)(H,30,37)(H2,32,33,34,38). The van der Waals surface area contributed by atoms with E-state index in [2.05, 4.69) is 31.2 Å². The van der Waals surface area contributed by atoms with E-state index < -0.39 is 6.03 Å².